The van der Waals surface area contributed by atoms with Gasteiger partial charge in [-0.1, -0.05) is 53.0 Å². The van der Waals surface area contributed by atoms with Crippen LogP contribution in [0.3, 0.4) is 0 Å². The van der Waals surface area contributed by atoms with Crippen LogP contribution < -0.4 is 9.62 Å². The summed E-state index contributed by atoms with van der Waals surface area (Å²) in [5.74, 6) is -0.985. The fourth-order valence-corrected chi connectivity index (χ4v) is 6.29. The Labute approximate surface area is 253 Å². The van der Waals surface area contributed by atoms with Gasteiger partial charge in [-0.25, -0.2) is 8.42 Å². The van der Waals surface area contributed by atoms with Gasteiger partial charge in [-0.05, 0) is 96.0 Å². The Morgan fingerprint density at radius 1 is 0.878 bits per heavy atom. The highest BCUT2D eigenvalue weighted by Crippen LogP contribution is 2.29. The molecule has 0 bridgehead atoms. The summed E-state index contributed by atoms with van der Waals surface area (Å²) in [7, 11) is -4.16. The SMILES string of the molecule is Cc1ccc(S(=O)(=O)N(CC(=O)N(Cc2c(Cl)cccc2Cl)[C@H](C)C(=O)NC(C)(C)C)c2cc(C)cc(C)c2)cc1. The van der Waals surface area contributed by atoms with Crippen LogP contribution in [-0.2, 0) is 26.2 Å². The number of anilines is 1. The molecule has 220 valence electrons. The molecule has 0 aliphatic rings. The number of benzene rings is 3. The first kappa shape index (κ1) is 32.4. The van der Waals surface area contributed by atoms with Gasteiger partial charge >= 0.3 is 0 Å². The van der Waals surface area contributed by atoms with Crippen LogP contribution in [0.2, 0.25) is 10.0 Å². The van der Waals surface area contributed by atoms with Crippen molar-refractivity contribution in [3.63, 3.8) is 0 Å². The zero-order valence-corrected chi connectivity index (χ0v) is 26.8. The maximum Gasteiger partial charge on any atom is 0.264 e. The molecule has 2 amide bonds. The molecule has 1 N–H and O–H groups in total. The predicted molar refractivity (Wildman–Crippen MR) is 166 cm³/mol. The average Bonchev–Trinajstić information content (AvgIpc) is 2.85. The smallest absolute Gasteiger partial charge is 0.264 e. The molecule has 0 aliphatic heterocycles. The first-order valence-corrected chi connectivity index (χ1v) is 15.4. The van der Waals surface area contributed by atoms with E-state index in [0.29, 0.717) is 21.3 Å². The van der Waals surface area contributed by atoms with Crippen molar-refractivity contribution >= 4 is 50.7 Å². The molecule has 0 radical (unpaired) electrons. The van der Waals surface area contributed by atoms with Crippen molar-refractivity contribution in [2.45, 2.75) is 71.5 Å². The minimum absolute atomic E-state index is 0.0503. The Bertz CT molecular complexity index is 1490. The van der Waals surface area contributed by atoms with E-state index < -0.39 is 40.0 Å². The standard InChI is InChI=1S/C31H37Cl2N3O4S/c1-20-11-13-25(14-12-20)41(39,40)36(24-16-21(2)15-22(3)17-24)19-29(37)35(23(4)30(38)34-31(5,6)7)18-26-27(32)9-8-10-28(26)33/h8-17,23H,18-19H2,1-7H3,(H,34,38)/t23-/m1/s1. The highest BCUT2D eigenvalue weighted by molar-refractivity contribution is 7.92. The quantitative estimate of drug-likeness (QED) is 0.299. The molecule has 0 spiro atoms. The van der Waals surface area contributed by atoms with Crippen molar-refractivity contribution in [3.05, 3.63) is 93.0 Å². The van der Waals surface area contributed by atoms with Gasteiger partial charge in [0.25, 0.3) is 10.0 Å². The number of halogens is 2. The first-order valence-electron chi connectivity index (χ1n) is 13.2. The molecule has 7 nitrogen and oxygen atoms in total. The van der Waals surface area contributed by atoms with E-state index in [9.17, 15) is 18.0 Å². The van der Waals surface area contributed by atoms with Crippen molar-refractivity contribution in [1.29, 1.82) is 0 Å². The lowest BCUT2D eigenvalue weighted by Gasteiger charge is -2.34. The van der Waals surface area contributed by atoms with Gasteiger partial charge < -0.3 is 10.2 Å². The second-order valence-electron chi connectivity index (χ2n) is 11.3. The third-order valence-electron chi connectivity index (χ3n) is 6.44. The zero-order valence-electron chi connectivity index (χ0n) is 24.5. The van der Waals surface area contributed by atoms with Gasteiger partial charge in [0.1, 0.15) is 12.6 Å². The topological polar surface area (TPSA) is 86.8 Å². The van der Waals surface area contributed by atoms with Gasteiger partial charge in [0.05, 0.1) is 10.6 Å². The second-order valence-corrected chi connectivity index (χ2v) is 14.0. The molecule has 41 heavy (non-hydrogen) atoms. The number of amides is 2. The summed E-state index contributed by atoms with van der Waals surface area (Å²) in [4.78, 5) is 28.7. The van der Waals surface area contributed by atoms with Gasteiger partial charge in [0.2, 0.25) is 11.8 Å². The Morgan fingerprint density at radius 3 is 1.93 bits per heavy atom. The Balaban J connectivity index is 2.11. The molecule has 0 saturated heterocycles. The number of aryl methyl sites for hydroxylation is 3. The van der Waals surface area contributed by atoms with Crippen molar-refractivity contribution in [2.24, 2.45) is 0 Å². The summed E-state index contributed by atoms with van der Waals surface area (Å²) in [5, 5.41) is 3.56. The summed E-state index contributed by atoms with van der Waals surface area (Å²) in [6.07, 6.45) is 0. The lowest BCUT2D eigenvalue weighted by molar-refractivity contribution is -0.140. The molecular formula is C31H37Cl2N3O4S. The summed E-state index contributed by atoms with van der Waals surface area (Å²) in [6.45, 7) is 12.1. The van der Waals surface area contributed by atoms with Gasteiger partial charge in [0.15, 0.2) is 0 Å². The first-order chi connectivity index (χ1) is 19.0. The highest BCUT2D eigenvalue weighted by Gasteiger charge is 2.34. The molecule has 0 saturated carbocycles. The minimum atomic E-state index is -4.16. The molecule has 0 aromatic heterocycles. The summed E-state index contributed by atoms with van der Waals surface area (Å²) in [5.41, 5.74) is 2.84. The molecule has 3 rings (SSSR count). The number of hydrogen-bond donors (Lipinski definition) is 1. The van der Waals surface area contributed by atoms with Crippen molar-refractivity contribution in [3.8, 4) is 0 Å². The van der Waals surface area contributed by atoms with E-state index in [4.69, 9.17) is 23.2 Å². The van der Waals surface area contributed by atoms with Crippen molar-refractivity contribution in [1.82, 2.24) is 10.2 Å². The van der Waals surface area contributed by atoms with Crippen LogP contribution in [0.25, 0.3) is 0 Å². The number of rotatable bonds is 9. The largest absolute Gasteiger partial charge is 0.350 e. The number of nitrogens with one attached hydrogen (secondary N) is 1. The van der Waals surface area contributed by atoms with E-state index in [-0.39, 0.29) is 11.4 Å². The molecule has 0 fully saturated rings. The molecule has 10 heteroatoms. The van der Waals surface area contributed by atoms with Gasteiger partial charge in [0, 0.05) is 27.7 Å². The lowest BCUT2D eigenvalue weighted by Crippen LogP contribution is -2.54. The van der Waals surface area contributed by atoms with Crippen LogP contribution in [-0.4, -0.2) is 43.3 Å². The van der Waals surface area contributed by atoms with Crippen LogP contribution in [0.4, 0.5) is 5.69 Å². The maximum atomic E-state index is 14.1. The molecule has 3 aromatic carbocycles. The summed E-state index contributed by atoms with van der Waals surface area (Å²) < 4.78 is 29.1. The summed E-state index contributed by atoms with van der Waals surface area (Å²) >= 11 is 12.9. The van der Waals surface area contributed by atoms with E-state index in [1.807, 2.05) is 47.6 Å². The van der Waals surface area contributed by atoms with E-state index >= 15 is 0 Å². The Hall–Kier alpha value is -3.07. The Morgan fingerprint density at radius 2 is 1.41 bits per heavy atom. The van der Waals surface area contributed by atoms with E-state index in [1.165, 1.54) is 17.0 Å². The fraction of sp³-hybridized carbons (Fsp3) is 0.355. The third-order valence-corrected chi connectivity index (χ3v) is 8.93. The molecule has 0 heterocycles. The second kappa shape index (κ2) is 12.8. The average molecular weight is 619 g/mol. The van der Waals surface area contributed by atoms with Crippen molar-refractivity contribution < 1.29 is 18.0 Å². The minimum Gasteiger partial charge on any atom is -0.350 e. The molecular weight excluding hydrogens is 581 g/mol. The molecule has 0 aliphatic carbocycles. The number of sulfonamides is 1. The number of nitrogens with zero attached hydrogens (tertiary/aromatic N) is 2. The number of carbonyl (C=O) groups is 2. The number of hydrogen-bond acceptors (Lipinski definition) is 4. The van der Waals surface area contributed by atoms with E-state index in [1.54, 1.807) is 49.4 Å². The van der Waals surface area contributed by atoms with Crippen molar-refractivity contribution in [2.75, 3.05) is 10.8 Å². The fourth-order valence-electron chi connectivity index (χ4n) is 4.37. The lowest BCUT2D eigenvalue weighted by atomic mass is 10.1. The van der Waals surface area contributed by atoms with Gasteiger partial charge in [-0.2, -0.15) is 0 Å². The van der Waals surface area contributed by atoms with Crippen LogP contribution in [0.1, 0.15) is 49.9 Å². The number of carbonyl (C=O) groups excluding carboxylic acids is 2. The van der Waals surface area contributed by atoms with E-state index in [2.05, 4.69) is 5.32 Å². The zero-order chi connectivity index (χ0) is 30.7. The normalized spacial score (nSPS) is 12.5. The van der Waals surface area contributed by atoms with E-state index in [0.717, 1.165) is 21.0 Å². The highest BCUT2D eigenvalue weighted by atomic mass is 35.5. The summed E-state index contributed by atoms with van der Waals surface area (Å²) in [6, 6.07) is 15.8. The molecule has 1 atom stereocenters. The molecule has 0 unspecified atom stereocenters. The van der Waals surface area contributed by atoms with Crippen LogP contribution in [0.15, 0.2) is 65.6 Å². The van der Waals surface area contributed by atoms with Gasteiger partial charge in [-0.3, -0.25) is 13.9 Å². The molecule has 3 aromatic rings. The predicted octanol–water partition coefficient (Wildman–Crippen LogP) is 6.45. The maximum absolute atomic E-state index is 14.1. The third kappa shape index (κ3) is 8.24. The van der Waals surface area contributed by atoms with Crippen LogP contribution >= 0.6 is 23.2 Å². The van der Waals surface area contributed by atoms with Gasteiger partial charge in [-0.15, -0.1) is 0 Å². The monoisotopic (exact) mass is 617 g/mol. The van der Waals surface area contributed by atoms with Crippen LogP contribution in [0.5, 0.6) is 0 Å². The Kier molecular flexibility index (Phi) is 10.2. The van der Waals surface area contributed by atoms with Crippen LogP contribution in [0, 0.1) is 20.8 Å².